The SMILES string of the molecule is O=C(COC(=O)c1cccc2nccnc12)Nc1ccccc1F. The average Bonchev–Trinajstić information content (AvgIpc) is 2.61. The Morgan fingerprint density at radius 2 is 1.83 bits per heavy atom. The van der Waals surface area contributed by atoms with Gasteiger partial charge >= 0.3 is 5.97 Å². The fourth-order valence-corrected chi connectivity index (χ4v) is 2.12. The summed E-state index contributed by atoms with van der Waals surface area (Å²) in [6.07, 6.45) is 2.98. The lowest BCUT2D eigenvalue weighted by Crippen LogP contribution is -2.21. The Bertz CT molecular complexity index is 909. The van der Waals surface area contributed by atoms with Gasteiger partial charge in [-0.2, -0.15) is 0 Å². The van der Waals surface area contributed by atoms with Crippen molar-refractivity contribution in [3.8, 4) is 0 Å². The number of benzene rings is 2. The first-order valence-electron chi connectivity index (χ1n) is 7.06. The van der Waals surface area contributed by atoms with E-state index in [0.29, 0.717) is 11.0 Å². The van der Waals surface area contributed by atoms with Crippen LogP contribution in [0.2, 0.25) is 0 Å². The second-order valence-electron chi connectivity index (χ2n) is 4.83. The molecular weight excluding hydrogens is 313 g/mol. The maximum absolute atomic E-state index is 13.5. The number of rotatable bonds is 4. The molecule has 120 valence electrons. The number of hydrogen-bond acceptors (Lipinski definition) is 5. The van der Waals surface area contributed by atoms with Gasteiger partial charge in [-0.3, -0.25) is 14.8 Å². The summed E-state index contributed by atoms with van der Waals surface area (Å²) < 4.78 is 18.4. The van der Waals surface area contributed by atoms with Crippen LogP contribution in [0.15, 0.2) is 54.9 Å². The largest absolute Gasteiger partial charge is 0.452 e. The molecule has 0 bridgehead atoms. The quantitative estimate of drug-likeness (QED) is 0.746. The standard InChI is InChI=1S/C17H12FN3O3/c18-12-5-1-2-6-13(12)21-15(22)10-24-17(23)11-4-3-7-14-16(11)20-9-8-19-14/h1-9H,10H2,(H,21,22). The van der Waals surface area contributed by atoms with Crippen LogP contribution in [0.3, 0.4) is 0 Å². The van der Waals surface area contributed by atoms with E-state index < -0.39 is 24.3 Å². The van der Waals surface area contributed by atoms with Crippen LogP contribution in [0.25, 0.3) is 11.0 Å². The van der Waals surface area contributed by atoms with Gasteiger partial charge in [0.15, 0.2) is 6.61 Å². The molecule has 0 spiro atoms. The minimum Gasteiger partial charge on any atom is -0.452 e. The molecule has 3 rings (SSSR count). The average molecular weight is 325 g/mol. The van der Waals surface area contributed by atoms with Crippen molar-refractivity contribution in [1.29, 1.82) is 0 Å². The fourth-order valence-electron chi connectivity index (χ4n) is 2.12. The first-order chi connectivity index (χ1) is 11.6. The molecule has 0 unspecified atom stereocenters. The van der Waals surface area contributed by atoms with Gasteiger partial charge in [-0.1, -0.05) is 18.2 Å². The molecule has 2 aromatic carbocycles. The molecule has 1 N–H and O–H groups in total. The lowest BCUT2D eigenvalue weighted by atomic mass is 10.2. The number of amides is 1. The Kier molecular flexibility index (Phi) is 4.42. The molecule has 0 fully saturated rings. The lowest BCUT2D eigenvalue weighted by molar-refractivity contribution is -0.119. The summed E-state index contributed by atoms with van der Waals surface area (Å²) in [5.74, 6) is -1.91. The first kappa shape index (κ1) is 15.5. The number of aromatic nitrogens is 2. The van der Waals surface area contributed by atoms with E-state index in [4.69, 9.17) is 4.74 Å². The Morgan fingerprint density at radius 1 is 1.04 bits per heavy atom. The van der Waals surface area contributed by atoms with Crippen molar-refractivity contribution < 1.29 is 18.7 Å². The zero-order chi connectivity index (χ0) is 16.9. The molecule has 0 radical (unpaired) electrons. The monoisotopic (exact) mass is 325 g/mol. The van der Waals surface area contributed by atoms with Crippen LogP contribution in [0.5, 0.6) is 0 Å². The van der Waals surface area contributed by atoms with Gasteiger partial charge in [-0.05, 0) is 24.3 Å². The minimum atomic E-state index is -0.704. The molecule has 1 heterocycles. The first-order valence-corrected chi connectivity index (χ1v) is 7.06. The van der Waals surface area contributed by atoms with Crippen LogP contribution < -0.4 is 5.32 Å². The van der Waals surface area contributed by atoms with E-state index in [2.05, 4.69) is 15.3 Å². The predicted octanol–water partition coefficient (Wildman–Crippen LogP) is 2.56. The molecule has 7 heteroatoms. The molecule has 1 amide bonds. The molecule has 0 aliphatic rings. The van der Waals surface area contributed by atoms with Crippen LogP contribution in [0.1, 0.15) is 10.4 Å². The van der Waals surface area contributed by atoms with Gasteiger partial charge in [-0.25, -0.2) is 9.18 Å². The highest BCUT2D eigenvalue weighted by Gasteiger charge is 2.15. The number of nitrogens with one attached hydrogen (secondary N) is 1. The number of esters is 1. The van der Waals surface area contributed by atoms with Crippen molar-refractivity contribution in [3.63, 3.8) is 0 Å². The van der Waals surface area contributed by atoms with E-state index in [1.165, 1.54) is 36.7 Å². The summed E-state index contributed by atoms with van der Waals surface area (Å²) >= 11 is 0. The van der Waals surface area contributed by atoms with Gasteiger partial charge in [0.1, 0.15) is 11.3 Å². The van der Waals surface area contributed by atoms with Crippen molar-refractivity contribution in [2.45, 2.75) is 0 Å². The van der Waals surface area contributed by atoms with E-state index in [9.17, 15) is 14.0 Å². The van der Waals surface area contributed by atoms with Gasteiger partial charge in [0.25, 0.3) is 5.91 Å². The highest BCUT2D eigenvalue weighted by atomic mass is 19.1. The van der Waals surface area contributed by atoms with Crippen LogP contribution >= 0.6 is 0 Å². The van der Waals surface area contributed by atoms with E-state index >= 15 is 0 Å². The van der Waals surface area contributed by atoms with E-state index in [1.54, 1.807) is 18.2 Å². The second-order valence-corrected chi connectivity index (χ2v) is 4.83. The van der Waals surface area contributed by atoms with Crippen LogP contribution in [-0.2, 0) is 9.53 Å². The number of carbonyl (C=O) groups is 2. The van der Waals surface area contributed by atoms with Crippen molar-refractivity contribution in [3.05, 3.63) is 66.2 Å². The molecule has 3 aromatic rings. The van der Waals surface area contributed by atoms with Crippen LogP contribution in [0, 0.1) is 5.82 Å². The number of ether oxygens (including phenoxy) is 1. The molecule has 0 aliphatic heterocycles. The van der Waals surface area contributed by atoms with E-state index in [-0.39, 0.29) is 11.3 Å². The van der Waals surface area contributed by atoms with Crippen molar-refractivity contribution in [2.24, 2.45) is 0 Å². The number of nitrogens with zero attached hydrogens (tertiary/aromatic N) is 2. The van der Waals surface area contributed by atoms with Crippen LogP contribution in [0.4, 0.5) is 10.1 Å². The molecule has 0 saturated heterocycles. The Hall–Kier alpha value is -3.35. The number of para-hydroxylation sites is 2. The number of halogens is 1. The number of hydrogen-bond donors (Lipinski definition) is 1. The smallest absolute Gasteiger partial charge is 0.340 e. The molecule has 0 saturated carbocycles. The van der Waals surface area contributed by atoms with E-state index in [1.807, 2.05) is 0 Å². The fraction of sp³-hybridized carbons (Fsp3) is 0.0588. The summed E-state index contributed by atoms with van der Waals surface area (Å²) in [7, 11) is 0. The maximum Gasteiger partial charge on any atom is 0.340 e. The summed E-state index contributed by atoms with van der Waals surface area (Å²) in [6.45, 7) is -0.538. The molecule has 24 heavy (non-hydrogen) atoms. The Balaban J connectivity index is 1.67. The normalized spacial score (nSPS) is 10.4. The third kappa shape index (κ3) is 3.35. The molecular formula is C17H12FN3O3. The topological polar surface area (TPSA) is 81.2 Å². The molecule has 0 aliphatic carbocycles. The summed E-state index contributed by atoms with van der Waals surface area (Å²) in [4.78, 5) is 32.1. The lowest BCUT2D eigenvalue weighted by Gasteiger charge is -2.08. The zero-order valence-electron chi connectivity index (χ0n) is 12.4. The van der Waals surface area contributed by atoms with Crippen LogP contribution in [-0.4, -0.2) is 28.5 Å². The number of anilines is 1. The van der Waals surface area contributed by atoms with Gasteiger partial charge < -0.3 is 10.1 Å². The Morgan fingerprint density at radius 3 is 2.67 bits per heavy atom. The summed E-state index contributed by atoms with van der Waals surface area (Å²) in [5, 5.41) is 2.34. The molecule has 0 atom stereocenters. The zero-order valence-corrected chi connectivity index (χ0v) is 12.4. The van der Waals surface area contributed by atoms with E-state index in [0.717, 1.165) is 0 Å². The van der Waals surface area contributed by atoms with Gasteiger partial charge in [0, 0.05) is 12.4 Å². The van der Waals surface area contributed by atoms with Crippen molar-refractivity contribution in [2.75, 3.05) is 11.9 Å². The van der Waals surface area contributed by atoms with Gasteiger partial charge in [-0.15, -0.1) is 0 Å². The highest BCUT2D eigenvalue weighted by molar-refractivity contribution is 6.02. The molecule has 6 nitrogen and oxygen atoms in total. The minimum absolute atomic E-state index is 0.0228. The predicted molar refractivity (Wildman–Crippen MR) is 84.9 cm³/mol. The summed E-state index contributed by atoms with van der Waals surface area (Å²) in [5.41, 5.74) is 1.16. The second kappa shape index (κ2) is 6.82. The number of fused-ring (bicyclic) bond motifs is 1. The van der Waals surface area contributed by atoms with Crippen molar-refractivity contribution in [1.82, 2.24) is 9.97 Å². The third-order valence-electron chi connectivity index (χ3n) is 3.20. The molecule has 1 aromatic heterocycles. The maximum atomic E-state index is 13.5. The Labute approximate surface area is 136 Å². The third-order valence-corrected chi connectivity index (χ3v) is 3.20. The van der Waals surface area contributed by atoms with Gasteiger partial charge in [0.05, 0.1) is 16.8 Å². The van der Waals surface area contributed by atoms with Crippen molar-refractivity contribution >= 4 is 28.6 Å². The number of carbonyl (C=O) groups excluding carboxylic acids is 2. The highest BCUT2D eigenvalue weighted by Crippen LogP contribution is 2.15. The summed E-state index contributed by atoms with van der Waals surface area (Å²) in [6, 6.07) is 10.6. The van der Waals surface area contributed by atoms with Gasteiger partial charge in [0.2, 0.25) is 0 Å².